The van der Waals surface area contributed by atoms with Crippen molar-refractivity contribution in [3.63, 3.8) is 0 Å². The number of nitrogens with zero attached hydrogens (tertiary/aromatic N) is 1. The van der Waals surface area contributed by atoms with Crippen LogP contribution in [-0.4, -0.2) is 35.9 Å². The molecule has 0 aliphatic rings. The van der Waals surface area contributed by atoms with E-state index in [0.717, 1.165) is 6.42 Å². The van der Waals surface area contributed by atoms with Gasteiger partial charge in [-0.1, -0.05) is 20.3 Å². The Hall–Kier alpha value is -1.56. The number of carbonyl (C=O) groups is 1. The first-order chi connectivity index (χ1) is 9.10. The summed E-state index contributed by atoms with van der Waals surface area (Å²) < 4.78 is 9.89. The van der Waals surface area contributed by atoms with E-state index in [1.165, 1.54) is 7.11 Å². The Bertz CT molecular complexity index is 392. The number of rotatable bonds is 8. The number of aryl methyl sites for hydroxylation is 1. The van der Waals surface area contributed by atoms with Gasteiger partial charge in [0.2, 0.25) is 5.91 Å². The average Bonchev–Trinajstić information content (AvgIpc) is 2.89. The second-order valence-corrected chi connectivity index (χ2v) is 4.58. The van der Waals surface area contributed by atoms with E-state index in [-0.39, 0.29) is 24.5 Å². The molecule has 1 amide bonds. The van der Waals surface area contributed by atoms with Crippen LogP contribution in [-0.2, 0) is 11.2 Å². The lowest BCUT2D eigenvalue weighted by Crippen LogP contribution is -2.41. The Morgan fingerprint density at radius 3 is 2.89 bits per heavy atom. The van der Waals surface area contributed by atoms with Gasteiger partial charge >= 0.3 is 0 Å². The van der Waals surface area contributed by atoms with Crippen molar-refractivity contribution in [3.05, 3.63) is 11.8 Å². The van der Waals surface area contributed by atoms with E-state index >= 15 is 0 Å². The topological polar surface area (TPSA) is 84.6 Å². The highest BCUT2D eigenvalue weighted by Crippen LogP contribution is 2.12. The van der Waals surface area contributed by atoms with Gasteiger partial charge in [-0.15, -0.1) is 0 Å². The van der Waals surface area contributed by atoms with Crippen molar-refractivity contribution in [2.75, 3.05) is 13.7 Å². The van der Waals surface area contributed by atoms with Crippen LogP contribution < -0.4 is 10.1 Å². The Morgan fingerprint density at radius 1 is 1.63 bits per heavy atom. The lowest BCUT2D eigenvalue weighted by atomic mass is 10.00. The molecule has 2 atom stereocenters. The van der Waals surface area contributed by atoms with E-state index in [1.807, 2.05) is 13.8 Å². The summed E-state index contributed by atoms with van der Waals surface area (Å²) in [6.45, 7) is 3.99. The standard InChI is InChI=1S/C13H22N2O4/c1-4-9(2)11(8-16)14-12(17)6-5-10-7-13(18-3)15-19-10/h7,9,11,16H,4-6,8H2,1-3H3,(H,14,17)/t9-,11-/m0/s1. The van der Waals surface area contributed by atoms with Crippen molar-refractivity contribution < 1.29 is 19.2 Å². The highest BCUT2D eigenvalue weighted by molar-refractivity contribution is 5.76. The third-order valence-electron chi connectivity index (χ3n) is 3.22. The lowest BCUT2D eigenvalue weighted by molar-refractivity contribution is -0.122. The second kappa shape index (κ2) is 7.78. The van der Waals surface area contributed by atoms with Crippen LogP contribution in [0, 0.1) is 5.92 Å². The maximum absolute atomic E-state index is 11.8. The first-order valence-corrected chi connectivity index (χ1v) is 6.50. The molecule has 1 aromatic rings. The van der Waals surface area contributed by atoms with E-state index in [0.29, 0.717) is 24.5 Å². The summed E-state index contributed by atoms with van der Waals surface area (Å²) in [5, 5.41) is 15.7. The molecule has 19 heavy (non-hydrogen) atoms. The average molecular weight is 270 g/mol. The molecule has 6 nitrogen and oxygen atoms in total. The summed E-state index contributed by atoms with van der Waals surface area (Å²) in [4.78, 5) is 11.8. The lowest BCUT2D eigenvalue weighted by Gasteiger charge is -2.21. The Kier molecular flexibility index (Phi) is 6.35. The fourth-order valence-corrected chi connectivity index (χ4v) is 1.68. The van der Waals surface area contributed by atoms with Gasteiger partial charge in [-0.05, 0) is 11.1 Å². The Morgan fingerprint density at radius 2 is 2.37 bits per heavy atom. The van der Waals surface area contributed by atoms with Gasteiger partial charge in [-0.2, -0.15) is 0 Å². The van der Waals surface area contributed by atoms with Crippen LogP contribution in [0.25, 0.3) is 0 Å². The van der Waals surface area contributed by atoms with Crippen LogP contribution in [0.2, 0.25) is 0 Å². The first-order valence-electron chi connectivity index (χ1n) is 6.50. The molecule has 0 aliphatic carbocycles. The minimum absolute atomic E-state index is 0.0448. The van der Waals surface area contributed by atoms with E-state index < -0.39 is 0 Å². The SMILES string of the molecule is CC[C@H](C)[C@H](CO)NC(=O)CCc1cc(OC)no1. The molecular weight excluding hydrogens is 248 g/mol. The molecule has 1 aromatic heterocycles. The fourth-order valence-electron chi connectivity index (χ4n) is 1.68. The van der Waals surface area contributed by atoms with E-state index in [1.54, 1.807) is 6.07 Å². The molecule has 108 valence electrons. The maximum atomic E-state index is 11.8. The van der Waals surface area contributed by atoms with Gasteiger partial charge in [-0.25, -0.2) is 0 Å². The molecule has 0 unspecified atom stereocenters. The zero-order valence-corrected chi connectivity index (χ0v) is 11.7. The predicted octanol–water partition coefficient (Wildman–Crippen LogP) is 1.14. The van der Waals surface area contributed by atoms with Crippen LogP contribution in [0.5, 0.6) is 5.88 Å². The predicted molar refractivity (Wildman–Crippen MR) is 69.8 cm³/mol. The van der Waals surface area contributed by atoms with Gasteiger partial charge < -0.3 is 19.7 Å². The molecule has 0 saturated heterocycles. The summed E-state index contributed by atoms with van der Waals surface area (Å²) in [6.07, 6.45) is 1.66. The Balaban J connectivity index is 2.38. The summed E-state index contributed by atoms with van der Waals surface area (Å²) in [5.41, 5.74) is 0. The fraction of sp³-hybridized carbons (Fsp3) is 0.692. The quantitative estimate of drug-likeness (QED) is 0.740. The van der Waals surface area contributed by atoms with Crippen LogP contribution >= 0.6 is 0 Å². The van der Waals surface area contributed by atoms with Crippen LogP contribution in [0.1, 0.15) is 32.4 Å². The summed E-state index contributed by atoms with van der Waals surface area (Å²) >= 11 is 0. The van der Waals surface area contributed by atoms with Crippen molar-refractivity contribution in [3.8, 4) is 5.88 Å². The molecule has 0 spiro atoms. The number of aromatic nitrogens is 1. The minimum Gasteiger partial charge on any atom is -0.479 e. The van der Waals surface area contributed by atoms with Crippen molar-refractivity contribution in [1.29, 1.82) is 0 Å². The maximum Gasteiger partial charge on any atom is 0.254 e. The van der Waals surface area contributed by atoms with Crippen molar-refractivity contribution in [1.82, 2.24) is 10.5 Å². The summed E-state index contributed by atoms with van der Waals surface area (Å²) in [7, 11) is 1.51. The van der Waals surface area contributed by atoms with Crippen molar-refractivity contribution in [2.45, 2.75) is 39.2 Å². The monoisotopic (exact) mass is 270 g/mol. The first kappa shape index (κ1) is 15.5. The molecule has 0 saturated carbocycles. The van der Waals surface area contributed by atoms with Gasteiger partial charge in [0, 0.05) is 18.9 Å². The number of ether oxygens (including phenoxy) is 1. The zero-order valence-electron chi connectivity index (χ0n) is 11.7. The second-order valence-electron chi connectivity index (χ2n) is 4.58. The number of aliphatic hydroxyl groups excluding tert-OH is 1. The number of hydrogen-bond acceptors (Lipinski definition) is 5. The molecule has 0 bridgehead atoms. The van der Waals surface area contributed by atoms with Gasteiger partial charge in [0.25, 0.3) is 5.88 Å². The normalized spacial score (nSPS) is 13.9. The van der Waals surface area contributed by atoms with E-state index in [4.69, 9.17) is 9.26 Å². The van der Waals surface area contributed by atoms with Crippen molar-refractivity contribution in [2.24, 2.45) is 5.92 Å². The molecule has 0 aromatic carbocycles. The number of nitrogens with one attached hydrogen (secondary N) is 1. The third-order valence-corrected chi connectivity index (χ3v) is 3.22. The highest BCUT2D eigenvalue weighted by Gasteiger charge is 2.17. The van der Waals surface area contributed by atoms with E-state index in [2.05, 4.69) is 10.5 Å². The number of methoxy groups -OCH3 is 1. The van der Waals surface area contributed by atoms with Crippen molar-refractivity contribution >= 4 is 5.91 Å². The Labute approximate surface area is 113 Å². The van der Waals surface area contributed by atoms with E-state index in [9.17, 15) is 9.90 Å². The van der Waals surface area contributed by atoms with Gasteiger partial charge in [0.15, 0.2) is 0 Å². The third kappa shape index (κ3) is 4.90. The number of carbonyl (C=O) groups excluding carboxylic acids is 1. The largest absolute Gasteiger partial charge is 0.479 e. The number of amides is 1. The number of aliphatic hydroxyl groups is 1. The molecule has 0 aliphatic heterocycles. The van der Waals surface area contributed by atoms with Crippen LogP contribution in [0.3, 0.4) is 0 Å². The van der Waals surface area contributed by atoms with Gasteiger partial charge in [-0.3, -0.25) is 4.79 Å². The molecule has 0 fully saturated rings. The molecule has 1 heterocycles. The molecular formula is C13H22N2O4. The zero-order chi connectivity index (χ0) is 14.3. The number of hydrogen-bond donors (Lipinski definition) is 2. The molecule has 1 rings (SSSR count). The van der Waals surface area contributed by atoms with Crippen LogP contribution in [0.4, 0.5) is 0 Å². The highest BCUT2D eigenvalue weighted by atomic mass is 16.5. The van der Waals surface area contributed by atoms with Gasteiger partial charge in [0.1, 0.15) is 5.76 Å². The van der Waals surface area contributed by atoms with Gasteiger partial charge in [0.05, 0.1) is 19.8 Å². The summed E-state index contributed by atoms with van der Waals surface area (Å²) in [5.74, 6) is 1.16. The molecule has 0 radical (unpaired) electrons. The molecule has 6 heteroatoms. The minimum atomic E-state index is -0.193. The molecule has 2 N–H and O–H groups in total. The summed E-state index contributed by atoms with van der Waals surface area (Å²) in [6, 6.07) is 1.47. The smallest absolute Gasteiger partial charge is 0.254 e. The van der Waals surface area contributed by atoms with Crippen LogP contribution in [0.15, 0.2) is 10.6 Å².